The molecule has 2 aromatic heterocycles. The summed E-state index contributed by atoms with van der Waals surface area (Å²) in [6.45, 7) is 8.64. The third kappa shape index (κ3) is 6.54. The number of unbranched alkanes of at least 4 members (excludes halogenated alkanes) is 1. The molecule has 2 heterocycles. The lowest BCUT2D eigenvalue weighted by Crippen LogP contribution is -2.09. The van der Waals surface area contributed by atoms with Crippen molar-refractivity contribution in [3.8, 4) is 5.75 Å². The number of carbonyl (C=O) groups is 2. The monoisotopic (exact) mass is 471 g/mol. The van der Waals surface area contributed by atoms with Crippen molar-refractivity contribution in [2.24, 2.45) is 0 Å². The van der Waals surface area contributed by atoms with Crippen LogP contribution in [0.1, 0.15) is 66.9 Å². The van der Waals surface area contributed by atoms with E-state index >= 15 is 0 Å². The Morgan fingerprint density at radius 1 is 0.879 bits per heavy atom. The minimum absolute atomic E-state index is 0.228. The van der Waals surface area contributed by atoms with E-state index in [9.17, 15) is 9.59 Å². The molecule has 0 atom stereocenters. The molecule has 0 fully saturated rings. The van der Waals surface area contributed by atoms with Gasteiger partial charge in [0.1, 0.15) is 29.1 Å². The van der Waals surface area contributed by atoms with E-state index in [1.54, 1.807) is 36.6 Å². The highest BCUT2D eigenvalue weighted by atomic mass is 32.2. The van der Waals surface area contributed by atoms with Crippen LogP contribution in [0.4, 0.5) is 0 Å². The summed E-state index contributed by atoms with van der Waals surface area (Å²) in [7, 11) is 0. The van der Waals surface area contributed by atoms with Crippen molar-refractivity contribution in [3.63, 3.8) is 0 Å². The van der Waals surface area contributed by atoms with Gasteiger partial charge in [-0.3, -0.25) is 0 Å². The van der Waals surface area contributed by atoms with Crippen LogP contribution in [0, 0.1) is 0 Å². The molecule has 0 saturated heterocycles. The van der Waals surface area contributed by atoms with Gasteiger partial charge in [0.2, 0.25) is 0 Å². The Balaban J connectivity index is 0.000000890. The second kappa shape index (κ2) is 13.6. The molecule has 0 bridgehead atoms. The number of hydrogen-bond donors (Lipinski definition) is 0. The molecule has 7 heteroatoms. The highest BCUT2D eigenvalue weighted by molar-refractivity contribution is 7.98. The molecule has 0 aliphatic carbocycles. The van der Waals surface area contributed by atoms with E-state index < -0.39 is 11.9 Å². The molecular weight excluding hydrogens is 438 g/mol. The molecule has 0 radical (unpaired) electrons. The molecular formula is C26H33NO5S. The van der Waals surface area contributed by atoms with Crippen molar-refractivity contribution in [1.29, 1.82) is 0 Å². The van der Waals surface area contributed by atoms with E-state index in [-0.39, 0.29) is 13.2 Å². The van der Waals surface area contributed by atoms with Crippen LogP contribution in [0.2, 0.25) is 0 Å². The number of ether oxygens (including phenoxy) is 3. The summed E-state index contributed by atoms with van der Waals surface area (Å²) in [6, 6.07) is 13.3. The third-order valence-corrected chi connectivity index (χ3v) is 5.57. The first-order chi connectivity index (χ1) is 16.0. The predicted molar refractivity (Wildman–Crippen MR) is 132 cm³/mol. The Morgan fingerprint density at radius 3 is 2.09 bits per heavy atom. The SMILES string of the molecule is CCCC.CCOC(=O)c1c(SC)c(C(=O)OCC)n2cccc(OCc3ccccc3)c12. The van der Waals surface area contributed by atoms with E-state index in [0.717, 1.165) is 5.56 Å². The van der Waals surface area contributed by atoms with Gasteiger partial charge in [0.05, 0.1) is 18.1 Å². The fraction of sp³-hybridized carbons (Fsp3) is 0.385. The summed E-state index contributed by atoms with van der Waals surface area (Å²) in [5, 5.41) is 0. The Bertz CT molecular complexity index is 1040. The van der Waals surface area contributed by atoms with Gasteiger partial charge in [-0.15, -0.1) is 11.8 Å². The summed E-state index contributed by atoms with van der Waals surface area (Å²) in [6.07, 6.45) is 6.17. The van der Waals surface area contributed by atoms with Crippen molar-refractivity contribution in [2.45, 2.75) is 52.0 Å². The van der Waals surface area contributed by atoms with Crippen molar-refractivity contribution in [2.75, 3.05) is 19.5 Å². The van der Waals surface area contributed by atoms with Crippen LogP contribution in [0.25, 0.3) is 5.52 Å². The zero-order valence-corrected chi connectivity index (χ0v) is 20.9. The van der Waals surface area contributed by atoms with E-state index in [4.69, 9.17) is 14.2 Å². The van der Waals surface area contributed by atoms with Gasteiger partial charge < -0.3 is 18.6 Å². The lowest BCUT2D eigenvalue weighted by molar-refractivity contribution is 0.0514. The molecule has 1 aromatic carbocycles. The van der Waals surface area contributed by atoms with Gasteiger partial charge in [-0.05, 0) is 37.8 Å². The molecule has 33 heavy (non-hydrogen) atoms. The second-order valence-electron chi connectivity index (χ2n) is 7.06. The summed E-state index contributed by atoms with van der Waals surface area (Å²) >= 11 is 1.30. The predicted octanol–water partition coefficient (Wildman–Crippen LogP) is 6.40. The highest BCUT2D eigenvalue weighted by Gasteiger charge is 2.30. The number of carbonyl (C=O) groups excluding carboxylic acids is 2. The topological polar surface area (TPSA) is 66.2 Å². The van der Waals surface area contributed by atoms with Crippen LogP contribution in [0.15, 0.2) is 53.6 Å². The molecule has 0 N–H and O–H groups in total. The van der Waals surface area contributed by atoms with Gasteiger partial charge in [0, 0.05) is 6.20 Å². The minimum atomic E-state index is -0.499. The number of pyridine rings is 1. The molecule has 0 unspecified atom stereocenters. The van der Waals surface area contributed by atoms with Crippen molar-refractivity contribution < 1.29 is 23.8 Å². The normalized spacial score (nSPS) is 10.3. The number of benzene rings is 1. The number of esters is 2. The lowest BCUT2D eigenvalue weighted by Gasteiger charge is -2.10. The van der Waals surface area contributed by atoms with Crippen molar-refractivity contribution >= 4 is 29.2 Å². The first-order valence-electron chi connectivity index (χ1n) is 11.3. The van der Waals surface area contributed by atoms with Crippen LogP contribution in [-0.4, -0.2) is 35.8 Å². The van der Waals surface area contributed by atoms with Gasteiger partial charge >= 0.3 is 11.9 Å². The molecule has 3 rings (SSSR count). The average Bonchev–Trinajstić information content (AvgIpc) is 3.19. The second-order valence-corrected chi connectivity index (χ2v) is 7.88. The molecule has 178 valence electrons. The fourth-order valence-electron chi connectivity index (χ4n) is 3.09. The van der Waals surface area contributed by atoms with Crippen LogP contribution in [-0.2, 0) is 16.1 Å². The highest BCUT2D eigenvalue weighted by Crippen LogP contribution is 2.37. The Morgan fingerprint density at radius 2 is 1.52 bits per heavy atom. The first kappa shape index (κ1) is 26.3. The van der Waals surface area contributed by atoms with E-state index in [0.29, 0.717) is 34.0 Å². The standard InChI is InChI=1S/C22H23NO5S.C4H10/c1-4-26-21(24)17-18-16(28-14-15-10-7-6-8-11-15)12-9-13-23(18)19(20(17)29-3)22(25)27-5-2;1-3-4-2/h6-13H,4-5,14H2,1-3H3;3-4H2,1-2H3. The molecule has 0 aliphatic heterocycles. The quantitative estimate of drug-likeness (QED) is 0.266. The van der Waals surface area contributed by atoms with Crippen molar-refractivity contribution in [1.82, 2.24) is 4.40 Å². The van der Waals surface area contributed by atoms with Crippen LogP contribution in [0.5, 0.6) is 5.75 Å². The number of aromatic nitrogens is 1. The summed E-state index contributed by atoms with van der Waals surface area (Å²) < 4.78 is 18.2. The molecule has 0 amide bonds. The lowest BCUT2D eigenvalue weighted by atomic mass is 10.2. The maximum Gasteiger partial charge on any atom is 0.356 e. The molecule has 0 saturated carbocycles. The Hall–Kier alpha value is -2.93. The molecule has 6 nitrogen and oxygen atoms in total. The van der Waals surface area contributed by atoms with E-state index in [2.05, 4.69) is 13.8 Å². The molecule has 0 aliphatic rings. The summed E-state index contributed by atoms with van der Waals surface area (Å²) in [5.41, 5.74) is 2.09. The van der Waals surface area contributed by atoms with Gasteiger partial charge in [-0.2, -0.15) is 0 Å². The first-order valence-corrected chi connectivity index (χ1v) is 12.5. The van der Waals surface area contributed by atoms with Crippen LogP contribution >= 0.6 is 11.8 Å². The summed E-state index contributed by atoms with van der Waals surface area (Å²) in [5.74, 6) is -0.506. The van der Waals surface area contributed by atoms with Crippen LogP contribution in [0.3, 0.4) is 0 Å². The minimum Gasteiger partial charge on any atom is -0.487 e. The van der Waals surface area contributed by atoms with Gasteiger partial charge in [-0.25, -0.2) is 9.59 Å². The summed E-state index contributed by atoms with van der Waals surface area (Å²) in [4.78, 5) is 26.0. The van der Waals surface area contributed by atoms with E-state index in [1.165, 1.54) is 24.6 Å². The number of thioether (sulfide) groups is 1. The maximum atomic E-state index is 12.8. The number of fused-ring (bicyclic) bond motifs is 1. The number of nitrogens with zero attached hydrogens (tertiary/aromatic N) is 1. The average molecular weight is 472 g/mol. The molecule has 0 spiro atoms. The van der Waals surface area contributed by atoms with Crippen LogP contribution < -0.4 is 4.74 Å². The smallest absolute Gasteiger partial charge is 0.356 e. The van der Waals surface area contributed by atoms with Gasteiger partial charge in [0.15, 0.2) is 0 Å². The van der Waals surface area contributed by atoms with E-state index in [1.807, 2.05) is 36.6 Å². The zero-order chi connectivity index (χ0) is 24.2. The largest absolute Gasteiger partial charge is 0.487 e. The third-order valence-electron chi connectivity index (χ3n) is 4.77. The Labute approximate surface area is 200 Å². The number of hydrogen-bond acceptors (Lipinski definition) is 6. The Kier molecular flexibility index (Phi) is 10.8. The maximum absolute atomic E-state index is 12.8. The van der Waals surface area contributed by atoms with Gasteiger partial charge in [-0.1, -0.05) is 57.0 Å². The number of rotatable bonds is 9. The zero-order valence-electron chi connectivity index (χ0n) is 20.1. The fourth-order valence-corrected chi connectivity index (χ4v) is 3.85. The van der Waals surface area contributed by atoms with Gasteiger partial charge in [0.25, 0.3) is 0 Å². The van der Waals surface area contributed by atoms with Crippen molar-refractivity contribution in [3.05, 3.63) is 65.5 Å². The molecule has 3 aromatic rings.